The lowest BCUT2D eigenvalue weighted by Gasteiger charge is -2.07. The van der Waals surface area contributed by atoms with Crippen LogP contribution in [0, 0.1) is 0 Å². The van der Waals surface area contributed by atoms with E-state index in [1.54, 1.807) is 16.9 Å². The largest absolute Gasteiger partial charge is 0.393 e. The molecule has 0 amide bonds. The van der Waals surface area contributed by atoms with Crippen LogP contribution in [-0.4, -0.2) is 36.2 Å². The second-order valence-corrected chi connectivity index (χ2v) is 3.11. The minimum atomic E-state index is -0.369. The number of rotatable bonds is 3. The maximum atomic E-state index is 9.50. The van der Waals surface area contributed by atoms with Gasteiger partial charge in [-0.05, 0) is 16.8 Å². The van der Waals surface area contributed by atoms with Crippen molar-refractivity contribution in [3.8, 4) is 0 Å². The fraction of sp³-hybridized carbons (Fsp3) is 0.500. The smallest absolute Gasteiger partial charge is 0.197 e. The van der Waals surface area contributed by atoms with Crippen LogP contribution in [0.4, 0.5) is 0 Å². The van der Waals surface area contributed by atoms with Crippen LogP contribution in [0.3, 0.4) is 0 Å². The molecule has 1 unspecified atom stereocenters. The first-order valence-electron chi connectivity index (χ1n) is 4.50. The number of tetrazole rings is 1. The quantitative estimate of drug-likeness (QED) is 0.732. The highest BCUT2D eigenvalue weighted by atomic mass is 16.3. The van der Waals surface area contributed by atoms with Crippen LogP contribution in [0.25, 0.3) is 5.65 Å². The molecule has 0 bridgehead atoms. The molecular formula is C8H11N5O. The number of fused-ring (bicyclic) bond motifs is 1. The van der Waals surface area contributed by atoms with Gasteiger partial charge >= 0.3 is 0 Å². The highest BCUT2D eigenvalue weighted by molar-refractivity contribution is 5.32. The Morgan fingerprint density at radius 2 is 2.36 bits per heavy atom. The summed E-state index contributed by atoms with van der Waals surface area (Å²) in [4.78, 5) is 4.00. The van der Waals surface area contributed by atoms with E-state index in [2.05, 4.69) is 20.5 Å². The summed E-state index contributed by atoms with van der Waals surface area (Å²) >= 11 is 0. The minimum absolute atomic E-state index is 0.369. The monoisotopic (exact) mass is 193 g/mol. The topological polar surface area (TPSA) is 76.2 Å². The van der Waals surface area contributed by atoms with Gasteiger partial charge in [-0.25, -0.2) is 0 Å². The van der Waals surface area contributed by atoms with E-state index in [0.717, 1.165) is 5.69 Å². The van der Waals surface area contributed by atoms with Crippen molar-refractivity contribution < 1.29 is 5.11 Å². The first-order chi connectivity index (χ1) is 6.81. The normalized spacial score (nSPS) is 13.3. The van der Waals surface area contributed by atoms with Crippen molar-refractivity contribution >= 4 is 5.65 Å². The van der Waals surface area contributed by atoms with E-state index in [1.807, 2.05) is 6.92 Å². The molecule has 0 aliphatic heterocycles. The average Bonchev–Trinajstić information content (AvgIpc) is 2.66. The van der Waals surface area contributed by atoms with Gasteiger partial charge in [-0.3, -0.25) is 4.98 Å². The summed E-state index contributed by atoms with van der Waals surface area (Å²) in [6.07, 6.45) is 4.11. The van der Waals surface area contributed by atoms with Crippen LogP contribution < -0.4 is 0 Å². The van der Waals surface area contributed by atoms with Crippen molar-refractivity contribution in [2.45, 2.75) is 25.9 Å². The van der Waals surface area contributed by atoms with E-state index in [4.69, 9.17) is 0 Å². The van der Waals surface area contributed by atoms with Crippen LogP contribution >= 0.6 is 0 Å². The van der Waals surface area contributed by atoms with E-state index in [1.165, 1.54) is 0 Å². The maximum Gasteiger partial charge on any atom is 0.197 e. The Morgan fingerprint density at radius 1 is 1.50 bits per heavy atom. The molecule has 1 atom stereocenters. The van der Waals surface area contributed by atoms with E-state index >= 15 is 0 Å². The van der Waals surface area contributed by atoms with Crippen LogP contribution in [0.15, 0.2) is 12.4 Å². The molecule has 74 valence electrons. The number of aromatic nitrogens is 5. The van der Waals surface area contributed by atoms with E-state index < -0.39 is 0 Å². The molecule has 0 radical (unpaired) electrons. The van der Waals surface area contributed by atoms with E-state index in [-0.39, 0.29) is 6.10 Å². The van der Waals surface area contributed by atoms with Gasteiger partial charge < -0.3 is 5.11 Å². The summed E-state index contributed by atoms with van der Waals surface area (Å²) < 4.78 is 1.59. The Balaban J connectivity index is 2.36. The van der Waals surface area contributed by atoms with Crippen LogP contribution in [0.5, 0.6) is 0 Å². The molecule has 2 aromatic rings. The first-order valence-corrected chi connectivity index (χ1v) is 4.50. The zero-order valence-electron chi connectivity index (χ0n) is 7.83. The van der Waals surface area contributed by atoms with E-state index in [0.29, 0.717) is 18.5 Å². The lowest BCUT2D eigenvalue weighted by Crippen LogP contribution is -2.12. The molecule has 2 heterocycles. The second-order valence-electron chi connectivity index (χ2n) is 3.11. The van der Waals surface area contributed by atoms with Crippen molar-refractivity contribution in [3.63, 3.8) is 0 Å². The number of nitrogens with zero attached hydrogens (tertiary/aromatic N) is 5. The molecule has 0 aliphatic carbocycles. The van der Waals surface area contributed by atoms with Crippen molar-refractivity contribution in [3.05, 3.63) is 18.1 Å². The van der Waals surface area contributed by atoms with Gasteiger partial charge in [0, 0.05) is 12.6 Å². The fourth-order valence-corrected chi connectivity index (χ4v) is 1.25. The van der Waals surface area contributed by atoms with Crippen molar-refractivity contribution in [2.75, 3.05) is 0 Å². The zero-order chi connectivity index (χ0) is 9.97. The number of hydrogen-bond acceptors (Lipinski definition) is 5. The minimum Gasteiger partial charge on any atom is -0.393 e. The fourth-order valence-electron chi connectivity index (χ4n) is 1.25. The molecule has 0 saturated heterocycles. The Labute approximate surface area is 80.6 Å². The Kier molecular flexibility index (Phi) is 2.36. The molecule has 0 aromatic carbocycles. The van der Waals surface area contributed by atoms with Gasteiger partial charge in [0.2, 0.25) is 0 Å². The van der Waals surface area contributed by atoms with Crippen LogP contribution in [0.1, 0.15) is 19.0 Å². The van der Waals surface area contributed by atoms with Gasteiger partial charge in [-0.1, -0.05) is 6.92 Å². The Morgan fingerprint density at radius 3 is 3.14 bits per heavy atom. The third-order valence-electron chi connectivity index (χ3n) is 2.10. The van der Waals surface area contributed by atoms with Gasteiger partial charge in [0.1, 0.15) is 0 Å². The molecule has 0 spiro atoms. The van der Waals surface area contributed by atoms with Crippen molar-refractivity contribution in [1.82, 2.24) is 25.0 Å². The summed E-state index contributed by atoms with van der Waals surface area (Å²) in [6, 6.07) is 0. The molecule has 6 heteroatoms. The lowest BCUT2D eigenvalue weighted by molar-refractivity contribution is 0.168. The molecular weight excluding hydrogens is 182 g/mol. The molecule has 2 rings (SSSR count). The average molecular weight is 193 g/mol. The third-order valence-corrected chi connectivity index (χ3v) is 2.10. The number of hydrogen-bond donors (Lipinski definition) is 1. The Hall–Kier alpha value is -1.56. The number of aliphatic hydroxyl groups is 1. The lowest BCUT2D eigenvalue weighted by atomic mass is 10.1. The molecule has 0 aliphatic rings. The Bertz CT molecular complexity index is 426. The van der Waals surface area contributed by atoms with E-state index in [9.17, 15) is 5.11 Å². The summed E-state index contributed by atoms with van der Waals surface area (Å²) in [7, 11) is 0. The predicted octanol–water partition coefficient (Wildman–Crippen LogP) is -0.167. The first kappa shape index (κ1) is 9.01. The summed E-state index contributed by atoms with van der Waals surface area (Å²) in [5.74, 6) is 0. The standard InChI is InChI=1S/C8H11N5O/c1-2-7(14)3-6-4-9-5-8-10-11-12-13(6)8/h4-5,7,14H,2-3H2,1H3. The van der Waals surface area contributed by atoms with Crippen molar-refractivity contribution in [1.29, 1.82) is 0 Å². The molecule has 0 fully saturated rings. The van der Waals surface area contributed by atoms with Gasteiger partial charge in [-0.15, -0.1) is 5.10 Å². The molecule has 0 saturated carbocycles. The van der Waals surface area contributed by atoms with Gasteiger partial charge in [-0.2, -0.15) is 4.52 Å². The van der Waals surface area contributed by atoms with Gasteiger partial charge in [0.15, 0.2) is 5.65 Å². The van der Waals surface area contributed by atoms with Crippen LogP contribution in [0.2, 0.25) is 0 Å². The second kappa shape index (κ2) is 3.67. The molecule has 6 nitrogen and oxygen atoms in total. The highest BCUT2D eigenvalue weighted by Crippen LogP contribution is 2.05. The summed E-state index contributed by atoms with van der Waals surface area (Å²) in [6.45, 7) is 1.93. The van der Waals surface area contributed by atoms with Gasteiger partial charge in [0.25, 0.3) is 0 Å². The van der Waals surface area contributed by atoms with Gasteiger partial charge in [0.05, 0.1) is 18.0 Å². The highest BCUT2D eigenvalue weighted by Gasteiger charge is 2.08. The molecule has 2 aromatic heterocycles. The summed E-state index contributed by atoms with van der Waals surface area (Å²) in [5.41, 5.74) is 1.42. The molecule has 14 heavy (non-hydrogen) atoms. The number of aliphatic hydroxyl groups excluding tert-OH is 1. The third kappa shape index (κ3) is 1.56. The maximum absolute atomic E-state index is 9.50. The SMILES string of the molecule is CCC(O)Cc1cncc2nnnn12. The summed E-state index contributed by atoms with van der Waals surface area (Å²) in [5, 5.41) is 20.6. The zero-order valence-corrected chi connectivity index (χ0v) is 7.83. The van der Waals surface area contributed by atoms with Crippen LogP contribution in [-0.2, 0) is 6.42 Å². The molecule has 1 N–H and O–H groups in total. The predicted molar refractivity (Wildman–Crippen MR) is 48.6 cm³/mol. The van der Waals surface area contributed by atoms with Crippen molar-refractivity contribution in [2.24, 2.45) is 0 Å².